The number of para-hydroxylation sites is 1. The molecule has 2 amide bonds. The van der Waals surface area contributed by atoms with Gasteiger partial charge < -0.3 is 10.2 Å². The first kappa shape index (κ1) is 26.4. The molecule has 36 heavy (non-hydrogen) atoms. The van der Waals surface area contributed by atoms with Crippen LogP contribution in [0, 0.1) is 10.1 Å². The number of ketones is 1. The van der Waals surface area contributed by atoms with E-state index < -0.39 is 28.9 Å². The predicted molar refractivity (Wildman–Crippen MR) is 136 cm³/mol. The molecule has 1 N–H and O–H groups in total. The van der Waals surface area contributed by atoms with Crippen molar-refractivity contribution in [3.8, 4) is 0 Å². The molecule has 3 rings (SSSR count). The minimum Gasteiger partial charge on any atom is -0.343 e. The van der Waals surface area contributed by atoms with Gasteiger partial charge in [0.25, 0.3) is 17.5 Å². The van der Waals surface area contributed by atoms with Gasteiger partial charge in [0.05, 0.1) is 28.1 Å². The van der Waals surface area contributed by atoms with E-state index in [1.54, 1.807) is 0 Å². The van der Waals surface area contributed by atoms with Crippen molar-refractivity contribution >= 4 is 40.0 Å². The van der Waals surface area contributed by atoms with Gasteiger partial charge in [-0.15, -0.1) is 0 Å². The van der Waals surface area contributed by atoms with Gasteiger partial charge in [-0.2, -0.15) is 0 Å². The summed E-state index contributed by atoms with van der Waals surface area (Å²) in [7, 11) is 3.05. The maximum absolute atomic E-state index is 13.0. The minimum absolute atomic E-state index is 0.0249. The van der Waals surface area contributed by atoms with Gasteiger partial charge in [0.2, 0.25) is 5.78 Å². The Kier molecular flexibility index (Phi) is 7.77. The highest BCUT2D eigenvalue weighted by molar-refractivity contribution is 6.41. The third kappa shape index (κ3) is 5.54. The number of nitro groups is 1. The molecule has 1 aromatic heterocycles. The normalized spacial score (nSPS) is 11.1. The lowest BCUT2D eigenvalue weighted by Crippen LogP contribution is -2.29. The van der Waals surface area contributed by atoms with E-state index in [0.717, 1.165) is 11.1 Å². The number of non-ortho nitro benzene ring substituents is 1. The van der Waals surface area contributed by atoms with Crippen LogP contribution >= 0.6 is 0 Å². The van der Waals surface area contributed by atoms with E-state index in [1.807, 2.05) is 45.9 Å². The summed E-state index contributed by atoms with van der Waals surface area (Å²) in [4.78, 5) is 59.3. The third-order valence-corrected chi connectivity index (χ3v) is 5.73. The molecule has 0 unspecified atom stereocenters. The maximum atomic E-state index is 13.0. The van der Waals surface area contributed by atoms with Crippen molar-refractivity contribution in [2.45, 2.75) is 46.0 Å². The van der Waals surface area contributed by atoms with Crippen LogP contribution in [0.5, 0.6) is 0 Å². The van der Waals surface area contributed by atoms with Crippen LogP contribution in [0.4, 0.5) is 11.4 Å². The van der Waals surface area contributed by atoms with Gasteiger partial charge in [-0.05, 0) is 29.0 Å². The van der Waals surface area contributed by atoms with Crippen molar-refractivity contribution in [2.24, 2.45) is 0 Å². The molecule has 10 heteroatoms. The molecular weight excluding hydrogens is 462 g/mol. The van der Waals surface area contributed by atoms with Crippen LogP contribution in [0.1, 0.15) is 66.8 Å². The summed E-state index contributed by atoms with van der Waals surface area (Å²) in [5.74, 6) is -1.93. The maximum Gasteiger partial charge on any atom is 0.292 e. The first-order valence-corrected chi connectivity index (χ1v) is 11.5. The van der Waals surface area contributed by atoms with Gasteiger partial charge in [-0.25, -0.2) is 9.97 Å². The molecule has 0 saturated carbocycles. The number of nitro benzene ring substituents is 1. The van der Waals surface area contributed by atoms with Crippen molar-refractivity contribution in [1.29, 1.82) is 0 Å². The van der Waals surface area contributed by atoms with E-state index in [4.69, 9.17) is 0 Å². The third-order valence-electron chi connectivity index (χ3n) is 5.73. The van der Waals surface area contributed by atoms with Gasteiger partial charge in [0, 0.05) is 31.9 Å². The van der Waals surface area contributed by atoms with Crippen LogP contribution in [0.3, 0.4) is 0 Å². The fraction of sp³-hybridized carbons (Fsp3) is 0.346. The largest absolute Gasteiger partial charge is 0.343 e. The number of fused-ring (bicyclic) bond motifs is 1. The number of anilines is 1. The molecule has 0 aliphatic carbocycles. The molecule has 0 fully saturated rings. The fourth-order valence-corrected chi connectivity index (χ4v) is 3.81. The van der Waals surface area contributed by atoms with Gasteiger partial charge in [0.1, 0.15) is 0 Å². The van der Waals surface area contributed by atoms with Crippen LogP contribution in [0.15, 0.2) is 36.4 Å². The standard InChI is InChI=1S/C26H29N5O5/c1-14(2)17-8-7-9-18(15(3)4)23(17)29-25(33)22(32)13-21-24(26(34)30(5)6)28-19-11-10-16(31(35)36)12-20(19)27-21/h7-12,14-15H,13H2,1-6H3,(H,29,33). The average molecular weight is 492 g/mol. The Hall–Kier alpha value is -4.21. The van der Waals surface area contributed by atoms with Gasteiger partial charge in [-0.1, -0.05) is 45.9 Å². The second-order valence-corrected chi connectivity index (χ2v) is 9.32. The molecule has 0 aliphatic rings. The van der Waals surface area contributed by atoms with E-state index in [9.17, 15) is 24.5 Å². The van der Waals surface area contributed by atoms with Crippen LogP contribution in [-0.2, 0) is 16.0 Å². The Morgan fingerprint density at radius 1 is 0.972 bits per heavy atom. The van der Waals surface area contributed by atoms with E-state index in [2.05, 4.69) is 15.3 Å². The summed E-state index contributed by atoms with van der Waals surface area (Å²) in [5, 5.41) is 13.9. The summed E-state index contributed by atoms with van der Waals surface area (Å²) in [6.07, 6.45) is -0.493. The zero-order valence-electron chi connectivity index (χ0n) is 21.2. The number of hydrogen-bond donors (Lipinski definition) is 1. The molecular formula is C26H29N5O5. The second kappa shape index (κ2) is 10.6. The number of Topliss-reactive ketones (excluding diaryl/α,β-unsaturated/α-hetero) is 1. The molecule has 188 valence electrons. The second-order valence-electron chi connectivity index (χ2n) is 9.32. The van der Waals surface area contributed by atoms with Gasteiger partial charge >= 0.3 is 0 Å². The van der Waals surface area contributed by atoms with E-state index >= 15 is 0 Å². The number of benzene rings is 2. The van der Waals surface area contributed by atoms with Crippen LogP contribution in [0.25, 0.3) is 11.0 Å². The Morgan fingerprint density at radius 3 is 2.11 bits per heavy atom. The fourth-order valence-electron chi connectivity index (χ4n) is 3.81. The van der Waals surface area contributed by atoms with Crippen molar-refractivity contribution in [2.75, 3.05) is 19.4 Å². The lowest BCUT2D eigenvalue weighted by Gasteiger charge is -2.20. The van der Waals surface area contributed by atoms with Crippen molar-refractivity contribution < 1.29 is 19.3 Å². The number of amides is 2. The monoisotopic (exact) mass is 491 g/mol. The number of carbonyl (C=O) groups is 3. The Balaban J connectivity index is 2.00. The molecule has 3 aromatic rings. The first-order chi connectivity index (χ1) is 16.9. The quantitative estimate of drug-likeness (QED) is 0.283. The summed E-state index contributed by atoms with van der Waals surface area (Å²) < 4.78 is 0. The lowest BCUT2D eigenvalue weighted by molar-refractivity contribution is -0.384. The highest BCUT2D eigenvalue weighted by atomic mass is 16.6. The van der Waals surface area contributed by atoms with Crippen LogP contribution in [-0.4, -0.2) is 51.5 Å². The Bertz CT molecular complexity index is 1340. The van der Waals surface area contributed by atoms with Crippen molar-refractivity contribution in [3.63, 3.8) is 0 Å². The Labute approximate surface area is 208 Å². The number of rotatable bonds is 8. The van der Waals surface area contributed by atoms with Crippen molar-refractivity contribution in [1.82, 2.24) is 14.9 Å². The molecule has 0 aliphatic heterocycles. The molecule has 0 radical (unpaired) electrons. The van der Waals surface area contributed by atoms with Gasteiger partial charge in [0.15, 0.2) is 5.69 Å². The minimum atomic E-state index is -0.839. The summed E-state index contributed by atoms with van der Waals surface area (Å²) in [6, 6.07) is 9.61. The van der Waals surface area contributed by atoms with E-state index in [-0.39, 0.29) is 39.9 Å². The lowest BCUT2D eigenvalue weighted by atomic mass is 9.92. The molecule has 0 atom stereocenters. The Morgan fingerprint density at radius 2 is 1.58 bits per heavy atom. The first-order valence-electron chi connectivity index (χ1n) is 11.5. The summed E-state index contributed by atoms with van der Waals surface area (Å²) in [6.45, 7) is 8.00. The predicted octanol–water partition coefficient (Wildman–Crippen LogP) is 4.24. The molecule has 0 saturated heterocycles. The topological polar surface area (TPSA) is 135 Å². The number of nitrogens with one attached hydrogen (secondary N) is 1. The van der Waals surface area contributed by atoms with E-state index in [0.29, 0.717) is 5.69 Å². The SMILES string of the molecule is CC(C)c1cccc(C(C)C)c1NC(=O)C(=O)Cc1nc2cc([N+](=O)[O-])ccc2nc1C(=O)N(C)C. The van der Waals surface area contributed by atoms with Crippen LogP contribution < -0.4 is 5.32 Å². The molecule has 0 bridgehead atoms. The number of aromatic nitrogens is 2. The molecule has 10 nitrogen and oxygen atoms in total. The number of nitrogens with zero attached hydrogens (tertiary/aromatic N) is 4. The molecule has 1 heterocycles. The molecule has 2 aromatic carbocycles. The smallest absolute Gasteiger partial charge is 0.292 e. The van der Waals surface area contributed by atoms with E-state index in [1.165, 1.54) is 37.2 Å². The number of hydrogen-bond acceptors (Lipinski definition) is 7. The zero-order valence-corrected chi connectivity index (χ0v) is 21.2. The highest BCUT2D eigenvalue weighted by Gasteiger charge is 2.25. The summed E-state index contributed by atoms with van der Waals surface area (Å²) in [5.41, 5.74) is 2.51. The average Bonchev–Trinajstić information content (AvgIpc) is 2.82. The van der Waals surface area contributed by atoms with Gasteiger partial charge in [-0.3, -0.25) is 24.5 Å². The zero-order chi connectivity index (χ0) is 26.7. The number of carbonyl (C=O) groups excluding carboxylic acids is 3. The molecule has 0 spiro atoms. The van der Waals surface area contributed by atoms with Crippen LogP contribution in [0.2, 0.25) is 0 Å². The van der Waals surface area contributed by atoms with Crippen molar-refractivity contribution in [3.05, 3.63) is 69.0 Å². The highest BCUT2D eigenvalue weighted by Crippen LogP contribution is 2.32. The summed E-state index contributed by atoms with van der Waals surface area (Å²) >= 11 is 0.